The Morgan fingerprint density at radius 3 is 1.55 bits per heavy atom. The molecule has 0 aliphatic rings. The maximum atomic E-state index is 9.76. The van der Waals surface area contributed by atoms with Gasteiger partial charge >= 0.3 is 11.9 Å². The smallest absolute Gasteiger partial charge is 0.317 e. The highest BCUT2D eigenvalue weighted by molar-refractivity contribution is 5.92. The highest BCUT2D eigenvalue weighted by Gasteiger charge is 2.18. The third-order valence-corrected chi connectivity index (χ3v) is 0.741. The van der Waals surface area contributed by atoms with Crippen LogP contribution in [-0.2, 0) is 9.59 Å². The molecular formula is C7H12O4. The summed E-state index contributed by atoms with van der Waals surface area (Å²) in [5, 5.41) is 15.9. The van der Waals surface area contributed by atoms with Crippen LogP contribution in [0.15, 0.2) is 12.7 Å². The first-order valence-corrected chi connectivity index (χ1v) is 3.00. The molecule has 0 bridgehead atoms. The molecule has 0 saturated heterocycles. The molecule has 0 radical (unpaired) electrons. The first-order chi connectivity index (χ1) is 4.97. The summed E-state index contributed by atoms with van der Waals surface area (Å²) in [6.45, 7) is 6.37. The van der Waals surface area contributed by atoms with Crippen molar-refractivity contribution in [1.29, 1.82) is 0 Å². The second-order valence-corrected chi connectivity index (χ2v) is 1.81. The Morgan fingerprint density at radius 2 is 1.55 bits per heavy atom. The fourth-order valence-electron chi connectivity index (χ4n) is 0.106. The molecule has 0 unspecified atom stereocenters. The molecule has 0 saturated carbocycles. The molecule has 0 heterocycles. The molecule has 4 heteroatoms. The van der Waals surface area contributed by atoms with Gasteiger partial charge < -0.3 is 10.2 Å². The molecular weight excluding hydrogens is 148 g/mol. The highest BCUT2D eigenvalue weighted by atomic mass is 16.4. The van der Waals surface area contributed by atoms with E-state index in [0.717, 1.165) is 6.92 Å². The molecule has 0 aliphatic heterocycles. The van der Waals surface area contributed by atoms with Crippen LogP contribution in [0.4, 0.5) is 0 Å². The predicted molar refractivity (Wildman–Crippen MR) is 40.3 cm³/mol. The van der Waals surface area contributed by atoms with Crippen molar-refractivity contribution in [1.82, 2.24) is 0 Å². The summed E-state index contributed by atoms with van der Waals surface area (Å²) >= 11 is 0. The lowest BCUT2D eigenvalue weighted by Crippen LogP contribution is -2.19. The molecule has 0 aromatic heterocycles. The van der Waals surface area contributed by atoms with Crippen LogP contribution >= 0.6 is 0 Å². The van der Waals surface area contributed by atoms with Gasteiger partial charge in [0.15, 0.2) is 5.92 Å². The molecule has 4 nitrogen and oxygen atoms in total. The molecule has 2 N–H and O–H groups in total. The third kappa shape index (κ3) is 8.68. The number of aliphatic carboxylic acids is 2. The van der Waals surface area contributed by atoms with E-state index >= 15 is 0 Å². The van der Waals surface area contributed by atoms with Crippen molar-refractivity contribution >= 4 is 11.9 Å². The molecule has 0 fully saturated rings. The van der Waals surface area contributed by atoms with Crippen LogP contribution in [0.1, 0.15) is 13.8 Å². The molecule has 0 amide bonds. The Balaban J connectivity index is 0. The van der Waals surface area contributed by atoms with Crippen LogP contribution in [0, 0.1) is 5.92 Å². The van der Waals surface area contributed by atoms with Crippen molar-refractivity contribution in [2.75, 3.05) is 0 Å². The lowest BCUT2D eigenvalue weighted by Gasteiger charge is -1.94. The second-order valence-electron chi connectivity index (χ2n) is 1.81. The van der Waals surface area contributed by atoms with Gasteiger partial charge in [-0.15, -0.1) is 6.58 Å². The van der Waals surface area contributed by atoms with Gasteiger partial charge in [-0.1, -0.05) is 6.08 Å². The summed E-state index contributed by atoms with van der Waals surface area (Å²) in [5.41, 5.74) is 0. The largest absolute Gasteiger partial charge is 0.481 e. The van der Waals surface area contributed by atoms with Gasteiger partial charge in [0.25, 0.3) is 0 Å². The predicted octanol–water partition coefficient (Wildman–Crippen LogP) is 0.984. The zero-order valence-electron chi connectivity index (χ0n) is 6.57. The molecule has 64 valence electrons. The number of carbonyl (C=O) groups is 2. The Morgan fingerprint density at radius 1 is 1.36 bits per heavy atom. The number of carboxylic acid groups (broad SMARTS) is 2. The van der Waals surface area contributed by atoms with Crippen molar-refractivity contribution < 1.29 is 19.8 Å². The number of rotatable bonds is 2. The van der Waals surface area contributed by atoms with Crippen molar-refractivity contribution in [3.8, 4) is 0 Å². The van der Waals surface area contributed by atoms with Gasteiger partial charge in [0.05, 0.1) is 0 Å². The fourth-order valence-corrected chi connectivity index (χ4v) is 0.106. The molecule has 0 aromatic carbocycles. The summed E-state index contributed by atoms with van der Waals surface area (Å²) in [6, 6.07) is 0. The minimum Gasteiger partial charge on any atom is -0.481 e. The first kappa shape index (κ1) is 12.4. The van der Waals surface area contributed by atoms with Crippen LogP contribution < -0.4 is 0 Å². The number of hydrogen-bond acceptors (Lipinski definition) is 2. The highest BCUT2D eigenvalue weighted by Crippen LogP contribution is 1.91. The minimum atomic E-state index is -1.31. The molecule has 0 rings (SSSR count). The van der Waals surface area contributed by atoms with Gasteiger partial charge in [0.2, 0.25) is 0 Å². The second kappa shape index (κ2) is 6.80. The average Bonchev–Trinajstić information content (AvgIpc) is 1.87. The minimum absolute atomic E-state index is 1.12. The van der Waals surface area contributed by atoms with Gasteiger partial charge in [-0.2, -0.15) is 0 Å². The van der Waals surface area contributed by atoms with E-state index in [1.165, 1.54) is 0 Å². The van der Waals surface area contributed by atoms with Crippen LogP contribution in [0.5, 0.6) is 0 Å². The Kier molecular flexibility index (Phi) is 7.64. The van der Waals surface area contributed by atoms with E-state index in [0.29, 0.717) is 0 Å². The van der Waals surface area contributed by atoms with Crippen molar-refractivity contribution in [3.63, 3.8) is 0 Å². The summed E-state index contributed by atoms with van der Waals surface area (Å²) in [7, 11) is 0. The maximum Gasteiger partial charge on any atom is 0.317 e. The summed E-state index contributed by atoms with van der Waals surface area (Å²) in [4.78, 5) is 19.5. The molecule has 11 heavy (non-hydrogen) atoms. The Hall–Kier alpha value is -1.32. The quantitative estimate of drug-likeness (QED) is 0.466. The molecule has 0 atom stereocenters. The summed E-state index contributed by atoms with van der Waals surface area (Å²) < 4.78 is 0. The van der Waals surface area contributed by atoms with Crippen molar-refractivity contribution in [3.05, 3.63) is 12.7 Å². The van der Waals surface area contributed by atoms with Crippen molar-refractivity contribution in [2.24, 2.45) is 5.92 Å². The molecule has 0 spiro atoms. The number of allylic oxidation sites excluding steroid dienone is 1. The van der Waals surface area contributed by atoms with E-state index in [9.17, 15) is 9.59 Å². The lowest BCUT2D eigenvalue weighted by molar-refractivity contribution is -0.153. The maximum absolute atomic E-state index is 9.76. The van der Waals surface area contributed by atoms with Crippen molar-refractivity contribution in [2.45, 2.75) is 13.8 Å². The topological polar surface area (TPSA) is 74.6 Å². The monoisotopic (exact) mass is 160 g/mol. The summed E-state index contributed by atoms with van der Waals surface area (Å²) in [6.07, 6.45) is 1.75. The van der Waals surface area contributed by atoms with E-state index < -0.39 is 17.9 Å². The van der Waals surface area contributed by atoms with Gasteiger partial charge in [-0.05, 0) is 13.8 Å². The SMILES string of the molecule is C=CC.CC(C(=O)O)C(=O)O. The number of hydrogen-bond donors (Lipinski definition) is 2. The van der Waals surface area contributed by atoms with Crippen LogP contribution in [-0.4, -0.2) is 22.2 Å². The van der Waals surface area contributed by atoms with Crippen LogP contribution in [0.2, 0.25) is 0 Å². The van der Waals surface area contributed by atoms with E-state index in [1.807, 2.05) is 6.92 Å². The molecule has 0 aromatic rings. The van der Waals surface area contributed by atoms with Gasteiger partial charge in [0, 0.05) is 0 Å². The normalized spacial score (nSPS) is 7.91. The van der Waals surface area contributed by atoms with E-state index in [-0.39, 0.29) is 0 Å². The lowest BCUT2D eigenvalue weighted by atomic mass is 10.2. The van der Waals surface area contributed by atoms with Crippen LogP contribution in [0.3, 0.4) is 0 Å². The zero-order chi connectivity index (χ0) is 9.44. The average molecular weight is 160 g/mol. The Bertz CT molecular complexity index is 137. The van der Waals surface area contributed by atoms with Crippen LogP contribution in [0.25, 0.3) is 0 Å². The fraction of sp³-hybridized carbons (Fsp3) is 0.429. The van der Waals surface area contributed by atoms with Gasteiger partial charge in [0.1, 0.15) is 0 Å². The first-order valence-electron chi connectivity index (χ1n) is 3.00. The zero-order valence-corrected chi connectivity index (χ0v) is 6.57. The van der Waals surface area contributed by atoms with E-state index in [2.05, 4.69) is 6.58 Å². The Labute approximate surface area is 65.2 Å². The third-order valence-electron chi connectivity index (χ3n) is 0.741. The van der Waals surface area contributed by atoms with E-state index in [4.69, 9.17) is 10.2 Å². The number of carboxylic acids is 2. The van der Waals surface area contributed by atoms with Gasteiger partial charge in [-0.25, -0.2) is 0 Å². The van der Waals surface area contributed by atoms with Gasteiger partial charge in [-0.3, -0.25) is 9.59 Å². The standard InChI is InChI=1S/C4H6O4.C3H6/c1-2(3(5)6)4(7)8;1-3-2/h2H,1H3,(H,5,6)(H,7,8);3H,1H2,2H3. The van der Waals surface area contributed by atoms with E-state index in [1.54, 1.807) is 6.08 Å². The molecule has 0 aliphatic carbocycles. The summed E-state index contributed by atoms with van der Waals surface area (Å²) in [5.74, 6) is -3.91.